The second-order valence-corrected chi connectivity index (χ2v) is 5.27. The van der Waals surface area contributed by atoms with Gasteiger partial charge in [0.05, 0.1) is 12.2 Å². The molecule has 2 nitrogen and oxygen atoms in total. The van der Waals surface area contributed by atoms with Gasteiger partial charge in [-0.05, 0) is 32.9 Å². The summed E-state index contributed by atoms with van der Waals surface area (Å²) in [6.07, 6.45) is 4.39. The molecule has 0 spiro atoms. The van der Waals surface area contributed by atoms with Crippen LogP contribution in [-0.2, 0) is 0 Å². The Kier molecular flexibility index (Phi) is 2.86. The van der Waals surface area contributed by atoms with Gasteiger partial charge in [-0.15, -0.1) is 0 Å². The third kappa shape index (κ3) is 1.93. The van der Waals surface area contributed by atoms with E-state index in [1.54, 1.807) is 0 Å². The van der Waals surface area contributed by atoms with Crippen LogP contribution in [0.2, 0.25) is 0 Å². The molecule has 2 aromatic heterocycles. The van der Waals surface area contributed by atoms with Gasteiger partial charge in [0, 0.05) is 11.1 Å². The number of nitrogens with zero attached hydrogens (tertiary/aromatic N) is 2. The van der Waals surface area contributed by atoms with Crippen LogP contribution in [0.25, 0.3) is 16.9 Å². The maximum Gasteiger partial charge on any atom is 0.289 e. The molecule has 2 heteroatoms. The number of aromatic nitrogens is 2. The van der Waals surface area contributed by atoms with Crippen molar-refractivity contribution in [3.63, 3.8) is 0 Å². The van der Waals surface area contributed by atoms with Crippen LogP contribution in [0.1, 0.15) is 25.5 Å². The maximum absolute atomic E-state index is 2.34. The molecule has 0 bridgehead atoms. The molecule has 0 aliphatic rings. The molecule has 19 heavy (non-hydrogen) atoms. The summed E-state index contributed by atoms with van der Waals surface area (Å²) in [6, 6.07) is 15.3. The largest absolute Gasteiger partial charge is 0.289 e. The van der Waals surface area contributed by atoms with Crippen molar-refractivity contribution in [1.82, 2.24) is 4.40 Å². The highest BCUT2D eigenvalue weighted by Gasteiger charge is 2.21. The van der Waals surface area contributed by atoms with Gasteiger partial charge in [-0.1, -0.05) is 30.3 Å². The van der Waals surface area contributed by atoms with Crippen molar-refractivity contribution >= 4 is 5.65 Å². The molecular weight excluding hydrogens is 232 g/mol. The number of fused-ring (bicyclic) bond motifs is 1. The van der Waals surface area contributed by atoms with Crippen LogP contribution in [0.4, 0.5) is 0 Å². The third-order valence-electron chi connectivity index (χ3n) is 3.55. The molecule has 3 rings (SSSR count). The van der Waals surface area contributed by atoms with Crippen molar-refractivity contribution < 1.29 is 4.57 Å². The standard InChI is InChI=1S/C17H19N2/c1-13(2)19-12-16(15-9-5-4-6-10-15)18-11-7-8-14(3)17(18)19/h4-13H,1-3H3/q+1. The smallest absolute Gasteiger partial charge is 0.227 e. The molecule has 0 saturated carbocycles. The molecule has 0 unspecified atom stereocenters. The zero-order valence-corrected chi connectivity index (χ0v) is 11.7. The summed E-state index contributed by atoms with van der Waals surface area (Å²) in [5, 5.41) is 0. The van der Waals surface area contributed by atoms with Crippen LogP contribution >= 0.6 is 0 Å². The van der Waals surface area contributed by atoms with Crippen molar-refractivity contribution in [2.24, 2.45) is 0 Å². The van der Waals surface area contributed by atoms with E-state index in [0.29, 0.717) is 6.04 Å². The molecule has 96 valence electrons. The molecule has 0 N–H and O–H groups in total. The van der Waals surface area contributed by atoms with Crippen LogP contribution in [0.3, 0.4) is 0 Å². The number of hydrogen-bond donors (Lipinski definition) is 0. The summed E-state index contributed by atoms with van der Waals surface area (Å²) >= 11 is 0. The number of benzene rings is 1. The summed E-state index contributed by atoms with van der Waals surface area (Å²) in [7, 11) is 0. The Labute approximate surface area is 113 Å². The van der Waals surface area contributed by atoms with Gasteiger partial charge >= 0.3 is 0 Å². The summed E-state index contributed by atoms with van der Waals surface area (Å²) in [6.45, 7) is 6.62. The van der Waals surface area contributed by atoms with Crippen LogP contribution in [-0.4, -0.2) is 4.40 Å². The second-order valence-electron chi connectivity index (χ2n) is 5.27. The summed E-state index contributed by atoms with van der Waals surface area (Å²) in [4.78, 5) is 0. The first-order valence-electron chi connectivity index (χ1n) is 6.75. The predicted octanol–water partition coefficient (Wildman–Crippen LogP) is 3.78. The molecule has 0 fully saturated rings. The van der Waals surface area contributed by atoms with Crippen molar-refractivity contribution in [3.8, 4) is 11.3 Å². The van der Waals surface area contributed by atoms with Gasteiger partial charge in [-0.25, -0.2) is 4.57 Å². The molecule has 0 radical (unpaired) electrons. The zero-order valence-electron chi connectivity index (χ0n) is 11.7. The highest BCUT2D eigenvalue weighted by Crippen LogP contribution is 2.21. The summed E-state index contributed by atoms with van der Waals surface area (Å²) in [5.74, 6) is 0. The van der Waals surface area contributed by atoms with E-state index in [9.17, 15) is 0 Å². The molecule has 0 aliphatic heterocycles. The monoisotopic (exact) mass is 251 g/mol. The Morgan fingerprint density at radius 1 is 1.00 bits per heavy atom. The SMILES string of the molecule is Cc1cccn2c(-c3ccccc3)c[n+](C(C)C)c12. The Morgan fingerprint density at radius 3 is 2.42 bits per heavy atom. The first-order valence-corrected chi connectivity index (χ1v) is 6.75. The van der Waals surface area contributed by atoms with Crippen LogP contribution in [0.5, 0.6) is 0 Å². The Bertz CT molecular complexity index is 709. The van der Waals surface area contributed by atoms with Crippen LogP contribution in [0, 0.1) is 6.92 Å². The lowest BCUT2D eigenvalue weighted by molar-refractivity contribution is -0.690. The van der Waals surface area contributed by atoms with E-state index in [2.05, 4.69) is 84.6 Å². The van der Waals surface area contributed by atoms with Crippen molar-refractivity contribution in [3.05, 3.63) is 60.4 Å². The Morgan fingerprint density at radius 2 is 1.74 bits per heavy atom. The molecule has 0 saturated heterocycles. The molecule has 2 heterocycles. The molecular formula is C17H19N2+. The first-order chi connectivity index (χ1) is 9.18. The number of hydrogen-bond acceptors (Lipinski definition) is 0. The normalized spacial score (nSPS) is 11.4. The average molecular weight is 251 g/mol. The lowest BCUT2D eigenvalue weighted by Gasteiger charge is -2.01. The second kappa shape index (κ2) is 4.54. The van der Waals surface area contributed by atoms with Crippen molar-refractivity contribution in [2.45, 2.75) is 26.8 Å². The maximum atomic E-state index is 2.34. The van der Waals surface area contributed by atoms with E-state index >= 15 is 0 Å². The van der Waals surface area contributed by atoms with E-state index in [1.165, 1.54) is 22.5 Å². The van der Waals surface area contributed by atoms with Crippen molar-refractivity contribution in [1.29, 1.82) is 0 Å². The number of pyridine rings is 1. The van der Waals surface area contributed by atoms with Gasteiger partial charge in [0.2, 0.25) is 0 Å². The molecule has 0 atom stereocenters. The van der Waals surface area contributed by atoms with Gasteiger partial charge in [0.25, 0.3) is 5.65 Å². The summed E-state index contributed by atoms with van der Waals surface area (Å²) < 4.78 is 4.63. The van der Waals surface area contributed by atoms with Gasteiger partial charge in [0.15, 0.2) is 5.69 Å². The number of aryl methyl sites for hydroxylation is 1. The predicted molar refractivity (Wildman–Crippen MR) is 78.2 cm³/mol. The van der Waals surface area contributed by atoms with Gasteiger partial charge < -0.3 is 0 Å². The van der Waals surface area contributed by atoms with E-state index in [1.807, 2.05) is 0 Å². The van der Waals surface area contributed by atoms with Gasteiger partial charge in [-0.3, -0.25) is 0 Å². The third-order valence-corrected chi connectivity index (χ3v) is 3.55. The van der Waals surface area contributed by atoms with Gasteiger partial charge in [-0.2, -0.15) is 4.40 Å². The highest BCUT2D eigenvalue weighted by atomic mass is 15.1. The number of rotatable bonds is 2. The minimum absolute atomic E-state index is 0.452. The lowest BCUT2D eigenvalue weighted by atomic mass is 10.2. The fraction of sp³-hybridized carbons (Fsp3) is 0.235. The van der Waals surface area contributed by atoms with Crippen LogP contribution < -0.4 is 4.57 Å². The first kappa shape index (κ1) is 12.0. The van der Waals surface area contributed by atoms with Crippen LogP contribution in [0.15, 0.2) is 54.9 Å². The highest BCUT2D eigenvalue weighted by molar-refractivity contribution is 5.62. The van der Waals surface area contributed by atoms with E-state index < -0.39 is 0 Å². The number of imidazole rings is 1. The minimum Gasteiger partial charge on any atom is -0.227 e. The topological polar surface area (TPSA) is 8.29 Å². The van der Waals surface area contributed by atoms with E-state index in [4.69, 9.17) is 0 Å². The molecule has 3 aromatic rings. The minimum atomic E-state index is 0.452. The fourth-order valence-corrected chi connectivity index (χ4v) is 2.60. The average Bonchev–Trinajstić information content (AvgIpc) is 2.81. The van der Waals surface area contributed by atoms with E-state index in [0.717, 1.165) is 0 Å². The Balaban J connectivity index is 2.36. The molecule has 0 aliphatic carbocycles. The van der Waals surface area contributed by atoms with Gasteiger partial charge in [0.1, 0.15) is 6.20 Å². The Hall–Kier alpha value is -2.09. The van der Waals surface area contributed by atoms with Crippen molar-refractivity contribution in [2.75, 3.05) is 0 Å². The molecule has 1 aromatic carbocycles. The summed E-state index contributed by atoms with van der Waals surface area (Å²) in [5.41, 5.74) is 5.07. The quantitative estimate of drug-likeness (QED) is 0.613. The lowest BCUT2D eigenvalue weighted by Crippen LogP contribution is -2.35. The molecule has 0 amide bonds. The fourth-order valence-electron chi connectivity index (χ4n) is 2.60. The van der Waals surface area contributed by atoms with E-state index in [-0.39, 0.29) is 0 Å². The zero-order chi connectivity index (χ0) is 13.4.